The number of rotatable bonds is 7. The molecule has 1 aliphatic rings. The summed E-state index contributed by atoms with van der Waals surface area (Å²) in [7, 11) is 0. The van der Waals surface area contributed by atoms with E-state index in [2.05, 4.69) is 22.6 Å². The molecule has 3 aromatic rings. The molecule has 0 aliphatic carbocycles. The van der Waals surface area contributed by atoms with Crippen molar-refractivity contribution in [2.45, 2.75) is 50.3 Å². The molecule has 0 amide bonds. The molecule has 37 heavy (non-hydrogen) atoms. The highest BCUT2D eigenvalue weighted by Crippen LogP contribution is 2.43. The fraction of sp³-hybridized carbons (Fsp3) is 0.360. The summed E-state index contributed by atoms with van der Waals surface area (Å²) in [5.41, 5.74) is -2.87. The van der Waals surface area contributed by atoms with Crippen molar-refractivity contribution in [3.63, 3.8) is 0 Å². The number of aldehydes is 1. The maximum atomic E-state index is 15.2. The smallest absolute Gasteiger partial charge is 0.420 e. The number of hydrogen-bond acceptors (Lipinski definition) is 8. The molecule has 0 saturated carbocycles. The SMILES string of the molecule is CC1(C)CN(c2ccc(C#N)c(C(F)(F)F)c2F)C(S)N1c1cnc(CCCc2ncco2)c(C=O)c1. The Bertz CT molecular complexity index is 1340. The molecule has 0 radical (unpaired) electrons. The molecule has 12 heteroatoms. The molecule has 1 atom stereocenters. The van der Waals surface area contributed by atoms with Crippen molar-refractivity contribution in [1.82, 2.24) is 9.97 Å². The Labute approximate surface area is 216 Å². The van der Waals surface area contributed by atoms with Crippen LogP contribution in [0.1, 0.15) is 53.3 Å². The Kier molecular flexibility index (Phi) is 7.19. The zero-order valence-corrected chi connectivity index (χ0v) is 20.9. The van der Waals surface area contributed by atoms with E-state index in [1.54, 1.807) is 23.4 Å². The number of halogens is 4. The van der Waals surface area contributed by atoms with E-state index < -0.39 is 34.2 Å². The number of pyridine rings is 1. The second-order valence-electron chi connectivity index (χ2n) is 9.21. The lowest BCUT2D eigenvalue weighted by atomic mass is 10.0. The molecule has 7 nitrogen and oxygen atoms in total. The van der Waals surface area contributed by atoms with Gasteiger partial charge in [-0.3, -0.25) is 9.78 Å². The first-order chi connectivity index (χ1) is 17.5. The predicted molar refractivity (Wildman–Crippen MR) is 131 cm³/mol. The molecule has 0 bridgehead atoms. The second-order valence-corrected chi connectivity index (χ2v) is 9.68. The lowest BCUT2D eigenvalue weighted by molar-refractivity contribution is -0.140. The summed E-state index contributed by atoms with van der Waals surface area (Å²) in [4.78, 5) is 23.5. The molecule has 2 aromatic heterocycles. The minimum atomic E-state index is -5.04. The van der Waals surface area contributed by atoms with Gasteiger partial charge in [0.15, 0.2) is 18.0 Å². The highest BCUT2D eigenvalue weighted by molar-refractivity contribution is 7.81. The van der Waals surface area contributed by atoms with Gasteiger partial charge in [-0.1, -0.05) is 0 Å². The molecule has 1 aromatic carbocycles. The number of aryl methyl sites for hydroxylation is 2. The fourth-order valence-electron chi connectivity index (χ4n) is 4.60. The minimum absolute atomic E-state index is 0.121. The third kappa shape index (κ3) is 5.13. The number of benzene rings is 1. The van der Waals surface area contributed by atoms with Crippen molar-refractivity contribution in [1.29, 1.82) is 5.26 Å². The van der Waals surface area contributed by atoms with Crippen LogP contribution in [0.2, 0.25) is 0 Å². The Morgan fingerprint density at radius 1 is 1.30 bits per heavy atom. The van der Waals surface area contributed by atoms with Crippen molar-refractivity contribution in [3.05, 3.63) is 70.9 Å². The molecule has 194 valence electrons. The second kappa shape index (κ2) is 10.0. The molecule has 4 rings (SSSR count). The number of anilines is 2. The first-order valence-corrected chi connectivity index (χ1v) is 11.9. The Morgan fingerprint density at radius 2 is 2.05 bits per heavy atom. The lowest BCUT2D eigenvalue weighted by Gasteiger charge is -2.35. The van der Waals surface area contributed by atoms with Gasteiger partial charge in [-0.25, -0.2) is 9.37 Å². The van der Waals surface area contributed by atoms with Gasteiger partial charge in [0.2, 0.25) is 0 Å². The Morgan fingerprint density at radius 3 is 2.68 bits per heavy atom. The standard InChI is InChI=1S/C25H23F4N5O2S/c1-24(2)14-33(19-7-6-15(11-30)21(22(19)26)25(27,28)29)23(37)34(24)17-10-16(13-35)18(32-12-17)4-3-5-20-31-8-9-36-20/h6-10,12-13,23,37H,3-5,14H2,1-2H3. The van der Waals surface area contributed by atoms with E-state index in [0.717, 1.165) is 12.1 Å². The van der Waals surface area contributed by atoms with Gasteiger partial charge in [-0.2, -0.15) is 18.4 Å². The van der Waals surface area contributed by atoms with Crippen molar-refractivity contribution >= 4 is 30.3 Å². The average Bonchev–Trinajstić information content (AvgIpc) is 3.43. The van der Waals surface area contributed by atoms with Crippen molar-refractivity contribution in [3.8, 4) is 6.07 Å². The van der Waals surface area contributed by atoms with Crippen LogP contribution >= 0.6 is 12.6 Å². The first-order valence-electron chi connectivity index (χ1n) is 11.3. The van der Waals surface area contributed by atoms with Gasteiger partial charge in [0, 0.05) is 18.5 Å². The zero-order chi connectivity index (χ0) is 27.0. The van der Waals surface area contributed by atoms with Crippen molar-refractivity contribution in [2.24, 2.45) is 0 Å². The number of nitrogens with zero attached hydrogens (tertiary/aromatic N) is 5. The van der Waals surface area contributed by atoms with Crippen LogP contribution in [0.3, 0.4) is 0 Å². The van der Waals surface area contributed by atoms with Crippen LogP contribution in [0.15, 0.2) is 41.3 Å². The van der Waals surface area contributed by atoms with Crippen LogP contribution in [-0.2, 0) is 19.0 Å². The van der Waals surface area contributed by atoms with E-state index >= 15 is 4.39 Å². The third-order valence-electron chi connectivity index (χ3n) is 6.24. The van der Waals surface area contributed by atoms with Gasteiger partial charge in [-0.15, -0.1) is 12.6 Å². The van der Waals surface area contributed by atoms with Crippen molar-refractivity contribution in [2.75, 3.05) is 16.3 Å². The van der Waals surface area contributed by atoms with E-state index in [-0.39, 0.29) is 12.2 Å². The van der Waals surface area contributed by atoms with Gasteiger partial charge in [0.25, 0.3) is 0 Å². The molecular formula is C25H23F4N5O2S. The predicted octanol–water partition coefficient (Wildman–Crippen LogP) is 5.41. The van der Waals surface area contributed by atoms with E-state index in [0.29, 0.717) is 48.4 Å². The van der Waals surface area contributed by atoms with Crippen molar-refractivity contribution < 1.29 is 26.8 Å². The van der Waals surface area contributed by atoms with Gasteiger partial charge in [-0.05, 0) is 44.9 Å². The summed E-state index contributed by atoms with van der Waals surface area (Å²) in [5, 5.41) is 9.07. The van der Waals surface area contributed by atoms with Gasteiger partial charge in [0.1, 0.15) is 17.3 Å². The molecule has 1 unspecified atom stereocenters. The van der Waals surface area contributed by atoms with Crippen LogP contribution in [-0.4, -0.2) is 33.8 Å². The lowest BCUT2D eigenvalue weighted by Crippen LogP contribution is -2.43. The van der Waals surface area contributed by atoms with Crippen LogP contribution in [0.25, 0.3) is 0 Å². The fourth-order valence-corrected chi connectivity index (χ4v) is 5.25. The van der Waals surface area contributed by atoms with Crippen LogP contribution in [0.5, 0.6) is 0 Å². The number of carbonyl (C=O) groups excluding carboxylic acids is 1. The monoisotopic (exact) mass is 533 g/mol. The molecule has 1 saturated heterocycles. The van der Waals surface area contributed by atoms with E-state index in [1.165, 1.54) is 17.2 Å². The third-order valence-corrected chi connectivity index (χ3v) is 6.75. The summed E-state index contributed by atoms with van der Waals surface area (Å²) in [6.45, 7) is 3.77. The summed E-state index contributed by atoms with van der Waals surface area (Å²) < 4.78 is 61.1. The molecule has 3 heterocycles. The topological polar surface area (TPSA) is 86.3 Å². The number of thiol groups is 1. The average molecular weight is 534 g/mol. The quantitative estimate of drug-likeness (QED) is 0.247. The first kappa shape index (κ1) is 26.5. The number of aromatic nitrogens is 2. The number of carbonyl (C=O) groups is 1. The summed E-state index contributed by atoms with van der Waals surface area (Å²) in [5.74, 6) is -0.943. The summed E-state index contributed by atoms with van der Waals surface area (Å²) in [6.07, 6.45) is 2.01. The minimum Gasteiger partial charge on any atom is -0.449 e. The number of alkyl halides is 3. The summed E-state index contributed by atoms with van der Waals surface area (Å²) >= 11 is 4.61. The number of nitriles is 1. The van der Waals surface area contributed by atoms with E-state index in [1.807, 2.05) is 13.8 Å². The maximum absolute atomic E-state index is 15.2. The molecular weight excluding hydrogens is 510 g/mol. The molecule has 1 fully saturated rings. The van der Waals surface area contributed by atoms with Gasteiger partial charge >= 0.3 is 6.18 Å². The zero-order valence-electron chi connectivity index (χ0n) is 20.0. The number of hydrogen-bond donors (Lipinski definition) is 1. The molecule has 0 spiro atoms. The Balaban J connectivity index is 1.63. The summed E-state index contributed by atoms with van der Waals surface area (Å²) in [6, 6.07) is 5.15. The largest absolute Gasteiger partial charge is 0.449 e. The maximum Gasteiger partial charge on any atom is 0.420 e. The van der Waals surface area contributed by atoms with Crippen LogP contribution in [0, 0.1) is 17.1 Å². The highest BCUT2D eigenvalue weighted by atomic mass is 32.1. The van der Waals surface area contributed by atoms with E-state index in [4.69, 9.17) is 9.68 Å². The molecule has 0 N–H and O–H groups in total. The van der Waals surface area contributed by atoms with Crippen LogP contribution < -0.4 is 9.80 Å². The van der Waals surface area contributed by atoms with E-state index in [9.17, 15) is 18.0 Å². The van der Waals surface area contributed by atoms with Gasteiger partial charge < -0.3 is 14.2 Å². The Hall–Kier alpha value is -3.59. The normalized spacial score (nSPS) is 17.2. The van der Waals surface area contributed by atoms with Crippen LogP contribution in [0.4, 0.5) is 28.9 Å². The number of oxazole rings is 1. The highest BCUT2D eigenvalue weighted by Gasteiger charge is 2.46. The van der Waals surface area contributed by atoms with Gasteiger partial charge in [0.05, 0.1) is 46.6 Å². The molecule has 1 aliphatic heterocycles.